The second-order valence-corrected chi connectivity index (χ2v) is 2.57. The van der Waals surface area contributed by atoms with Crippen LogP contribution in [0, 0.1) is 0 Å². The summed E-state index contributed by atoms with van der Waals surface area (Å²) in [4.78, 5) is 22.0. The lowest BCUT2D eigenvalue weighted by molar-refractivity contribution is -0.140. The van der Waals surface area contributed by atoms with E-state index in [0.29, 0.717) is 11.3 Å². The van der Waals surface area contributed by atoms with Gasteiger partial charge in [0.05, 0.1) is 5.56 Å². The van der Waals surface area contributed by atoms with Crippen LogP contribution in [0.3, 0.4) is 0 Å². The second kappa shape index (κ2) is 2.90. The van der Waals surface area contributed by atoms with Crippen LogP contribution in [-0.2, 0) is 9.53 Å². The van der Waals surface area contributed by atoms with Crippen molar-refractivity contribution in [2.24, 2.45) is 0 Å². The molecule has 0 saturated heterocycles. The molecule has 0 radical (unpaired) electrons. The Kier molecular flexibility index (Phi) is 1.73. The molecule has 66 valence electrons. The first-order valence-electron chi connectivity index (χ1n) is 3.73. The third-order valence-corrected chi connectivity index (χ3v) is 1.65. The lowest BCUT2D eigenvalue weighted by Crippen LogP contribution is -2.17. The largest absolute Gasteiger partial charge is 0.482 e. The molecule has 0 aromatic heterocycles. The van der Waals surface area contributed by atoms with E-state index < -0.39 is 11.9 Å². The number of carbonyl (C=O) groups is 2. The number of carbonyl (C=O) groups excluding carboxylic acids is 2. The Labute approximate surface area is 74.1 Å². The highest BCUT2D eigenvalue weighted by Crippen LogP contribution is 2.14. The maximum atomic E-state index is 11.1. The fourth-order valence-electron chi connectivity index (χ4n) is 1.02. The van der Waals surface area contributed by atoms with Crippen LogP contribution in [-0.4, -0.2) is 18.5 Å². The third-order valence-electron chi connectivity index (χ3n) is 1.65. The van der Waals surface area contributed by atoms with Gasteiger partial charge in [-0.25, -0.2) is 9.59 Å². The Morgan fingerprint density at radius 1 is 1.08 bits per heavy atom. The summed E-state index contributed by atoms with van der Waals surface area (Å²) in [7, 11) is 0. The van der Waals surface area contributed by atoms with E-state index in [1.165, 1.54) is 0 Å². The molecule has 2 bridgehead atoms. The van der Waals surface area contributed by atoms with Crippen molar-refractivity contribution in [2.75, 3.05) is 6.61 Å². The number of benzene rings is 1. The van der Waals surface area contributed by atoms with Crippen LogP contribution in [0.4, 0.5) is 0 Å². The molecule has 0 N–H and O–H groups in total. The molecular weight excluding hydrogens is 172 g/mol. The number of ether oxygens (including phenoxy) is 2. The van der Waals surface area contributed by atoms with E-state index in [0.717, 1.165) is 0 Å². The van der Waals surface area contributed by atoms with Crippen molar-refractivity contribution in [1.82, 2.24) is 0 Å². The molecule has 0 saturated carbocycles. The Morgan fingerprint density at radius 3 is 2.46 bits per heavy atom. The van der Waals surface area contributed by atoms with Gasteiger partial charge in [0.1, 0.15) is 5.75 Å². The Bertz CT molecular complexity index is 352. The summed E-state index contributed by atoms with van der Waals surface area (Å²) in [6, 6.07) is 6.34. The van der Waals surface area contributed by atoms with Crippen LogP contribution in [0.1, 0.15) is 10.4 Å². The highest BCUT2D eigenvalue weighted by molar-refractivity contribution is 5.97. The van der Waals surface area contributed by atoms with Crippen molar-refractivity contribution in [3.05, 3.63) is 29.8 Å². The van der Waals surface area contributed by atoms with Crippen LogP contribution in [0.15, 0.2) is 24.3 Å². The van der Waals surface area contributed by atoms with Crippen LogP contribution in [0.5, 0.6) is 5.75 Å². The van der Waals surface area contributed by atoms with Crippen molar-refractivity contribution >= 4 is 11.9 Å². The van der Waals surface area contributed by atoms with Crippen molar-refractivity contribution < 1.29 is 19.1 Å². The van der Waals surface area contributed by atoms with Crippen molar-refractivity contribution in [1.29, 1.82) is 0 Å². The highest BCUT2D eigenvalue weighted by Gasteiger charge is 2.15. The zero-order valence-electron chi connectivity index (χ0n) is 6.65. The first kappa shape index (κ1) is 7.79. The van der Waals surface area contributed by atoms with Gasteiger partial charge >= 0.3 is 11.9 Å². The summed E-state index contributed by atoms with van der Waals surface area (Å²) >= 11 is 0. The molecule has 3 rings (SSSR count). The summed E-state index contributed by atoms with van der Waals surface area (Å²) in [5.74, 6) is -0.759. The van der Waals surface area contributed by atoms with Gasteiger partial charge < -0.3 is 9.47 Å². The van der Waals surface area contributed by atoms with Gasteiger partial charge in [-0.2, -0.15) is 0 Å². The molecule has 4 heteroatoms. The molecule has 0 unspecified atom stereocenters. The van der Waals surface area contributed by atoms with E-state index in [9.17, 15) is 9.59 Å². The summed E-state index contributed by atoms with van der Waals surface area (Å²) < 4.78 is 9.46. The molecule has 2 aliphatic heterocycles. The van der Waals surface area contributed by atoms with Gasteiger partial charge in [0, 0.05) is 0 Å². The van der Waals surface area contributed by atoms with Gasteiger partial charge in [0.15, 0.2) is 6.61 Å². The molecule has 0 aliphatic carbocycles. The predicted molar refractivity (Wildman–Crippen MR) is 42.4 cm³/mol. The standard InChI is InChI=1S/C9H6O4/c10-8-5-12-7-3-1-6(2-4-7)9(11)13-8/h1-4H,5H2. The molecule has 0 fully saturated rings. The van der Waals surface area contributed by atoms with Gasteiger partial charge in [-0.3, -0.25) is 0 Å². The normalized spacial score (nSPS) is 15.4. The van der Waals surface area contributed by atoms with Crippen molar-refractivity contribution in [3.63, 3.8) is 0 Å². The summed E-state index contributed by atoms with van der Waals surface area (Å²) in [5.41, 5.74) is 0.350. The topological polar surface area (TPSA) is 52.6 Å². The van der Waals surface area contributed by atoms with E-state index in [4.69, 9.17) is 4.74 Å². The van der Waals surface area contributed by atoms with Gasteiger partial charge in [-0.1, -0.05) is 0 Å². The molecule has 0 atom stereocenters. The Hall–Kier alpha value is -1.84. The fraction of sp³-hybridized carbons (Fsp3) is 0.111. The molecule has 4 nitrogen and oxygen atoms in total. The average molecular weight is 178 g/mol. The number of esters is 2. The van der Waals surface area contributed by atoms with E-state index in [2.05, 4.69) is 4.74 Å². The monoisotopic (exact) mass is 178 g/mol. The molecule has 1 aromatic rings. The molecule has 1 aromatic carbocycles. The number of hydrogen-bond acceptors (Lipinski definition) is 4. The summed E-state index contributed by atoms with van der Waals surface area (Å²) in [5, 5.41) is 0. The predicted octanol–water partition coefficient (Wildman–Crippen LogP) is 0.762. The molecular formula is C9H6O4. The quantitative estimate of drug-likeness (QED) is 0.434. The minimum atomic E-state index is -0.674. The van der Waals surface area contributed by atoms with Crippen LogP contribution in [0.2, 0.25) is 0 Å². The third kappa shape index (κ3) is 1.51. The average Bonchev–Trinajstić information content (AvgIpc) is 2.23. The second-order valence-electron chi connectivity index (χ2n) is 2.57. The molecule has 13 heavy (non-hydrogen) atoms. The van der Waals surface area contributed by atoms with E-state index in [1.807, 2.05) is 0 Å². The maximum Gasteiger partial charge on any atom is 0.352 e. The number of hydrogen-bond donors (Lipinski definition) is 0. The molecule has 2 heterocycles. The van der Waals surface area contributed by atoms with Crippen LogP contribution in [0.25, 0.3) is 0 Å². The van der Waals surface area contributed by atoms with Gasteiger partial charge in [-0.15, -0.1) is 0 Å². The van der Waals surface area contributed by atoms with Crippen LogP contribution >= 0.6 is 0 Å². The lowest BCUT2D eigenvalue weighted by Gasteiger charge is -2.00. The number of fused-ring (bicyclic) bond motifs is 6. The van der Waals surface area contributed by atoms with E-state index in [1.54, 1.807) is 24.3 Å². The van der Waals surface area contributed by atoms with Gasteiger partial charge in [-0.05, 0) is 24.3 Å². The molecule has 2 aliphatic rings. The zero-order chi connectivity index (χ0) is 9.26. The number of rotatable bonds is 0. The first-order chi connectivity index (χ1) is 6.25. The van der Waals surface area contributed by atoms with E-state index >= 15 is 0 Å². The summed E-state index contributed by atoms with van der Waals surface area (Å²) in [6.45, 7) is -0.233. The summed E-state index contributed by atoms with van der Waals surface area (Å²) in [6.07, 6.45) is 0. The van der Waals surface area contributed by atoms with Crippen molar-refractivity contribution in [2.45, 2.75) is 0 Å². The lowest BCUT2D eigenvalue weighted by atomic mass is 10.2. The van der Waals surface area contributed by atoms with Gasteiger partial charge in [0.25, 0.3) is 0 Å². The maximum absolute atomic E-state index is 11.1. The van der Waals surface area contributed by atoms with Gasteiger partial charge in [0.2, 0.25) is 0 Å². The SMILES string of the molecule is O=C1COc2ccc(cc2)C(=O)O1. The first-order valence-corrected chi connectivity index (χ1v) is 3.73. The fourth-order valence-corrected chi connectivity index (χ4v) is 1.02. The molecule has 0 spiro atoms. The van der Waals surface area contributed by atoms with Crippen LogP contribution < -0.4 is 4.74 Å². The zero-order valence-corrected chi connectivity index (χ0v) is 6.65. The Morgan fingerprint density at radius 2 is 1.77 bits per heavy atom. The minimum absolute atomic E-state index is 0.233. The smallest absolute Gasteiger partial charge is 0.352 e. The Balaban J connectivity index is 2.41. The highest BCUT2D eigenvalue weighted by atomic mass is 16.6. The minimum Gasteiger partial charge on any atom is -0.482 e. The van der Waals surface area contributed by atoms with E-state index in [-0.39, 0.29) is 6.61 Å². The van der Waals surface area contributed by atoms with Crippen molar-refractivity contribution in [3.8, 4) is 5.75 Å². The molecule has 0 amide bonds.